The van der Waals surface area contributed by atoms with Gasteiger partial charge in [-0.1, -0.05) is 6.07 Å². The standard InChI is InChI=1S/C11H14N2O3/c12-5-4-7-6-16-10-8(11(14)15)2-1-3-9(10)13-7/h1-3,7,13H,4-6,12H2,(H,14,15). The van der Waals surface area contributed by atoms with Gasteiger partial charge in [-0.15, -0.1) is 0 Å². The van der Waals surface area contributed by atoms with E-state index in [4.69, 9.17) is 15.6 Å². The van der Waals surface area contributed by atoms with E-state index in [1.165, 1.54) is 6.07 Å². The maximum Gasteiger partial charge on any atom is 0.339 e. The number of anilines is 1. The van der Waals surface area contributed by atoms with Gasteiger partial charge in [0.15, 0.2) is 5.75 Å². The third-order valence-corrected chi connectivity index (χ3v) is 2.55. The molecule has 16 heavy (non-hydrogen) atoms. The Hall–Kier alpha value is -1.75. The number of ether oxygens (including phenoxy) is 1. The average molecular weight is 222 g/mol. The van der Waals surface area contributed by atoms with Crippen molar-refractivity contribution in [3.63, 3.8) is 0 Å². The van der Waals surface area contributed by atoms with Crippen molar-refractivity contribution in [3.8, 4) is 5.75 Å². The van der Waals surface area contributed by atoms with E-state index in [1.807, 2.05) is 6.07 Å². The Labute approximate surface area is 93.2 Å². The van der Waals surface area contributed by atoms with Gasteiger partial charge in [-0.2, -0.15) is 0 Å². The van der Waals surface area contributed by atoms with Crippen LogP contribution in [0, 0.1) is 0 Å². The molecule has 86 valence electrons. The normalized spacial score (nSPS) is 18.2. The molecular formula is C11H14N2O3. The SMILES string of the molecule is NCCC1COc2c(cccc2C(=O)O)N1. The van der Waals surface area contributed by atoms with Crippen LogP contribution in [0.4, 0.5) is 5.69 Å². The minimum absolute atomic E-state index is 0.154. The molecule has 0 amide bonds. The summed E-state index contributed by atoms with van der Waals surface area (Å²) < 4.78 is 5.48. The fraction of sp³-hybridized carbons (Fsp3) is 0.364. The molecule has 0 fully saturated rings. The zero-order valence-corrected chi connectivity index (χ0v) is 8.77. The van der Waals surface area contributed by atoms with Crippen molar-refractivity contribution < 1.29 is 14.6 Å². The predicted octanol–water partition coefficient (Wildman–Crippen LogP) is 0.906. The lowest BCUT2D eigenvalue weighted by molar-refractivity contribution is 0.0691. The summed E-state index contributed by atoms with van der Waals surface area (Å²) >= 11 is 0. The number of hydrogen-bond donors (Lipinski definition) is 3. The van der Waals surface area contributed by atoms with Crippen LogP contribution in [0.5, 0.6) is 5.75 Å². The first-order chi connectivity index (χ1) is 7.72. The number of aromatic carboxylic acids is 1. The maximum atomic E-state index is 11.0. The van der Waals surface area contributed by atoms with Gasteiger partial charge in [-0.3, -0.25) is 0 Å². The molecule has 0 saturated heterocycles. The van der Waals surface area contributed by atoms with Gasteiger partial charge < -0.3 is 20.9 Å². The van der Waals surface area contributed by atoms with E-state index in [1.54, 1.807) is 6.07 Å². The van der Waals surface area contributed by atoms with Crippen LogP contribution in [-0.2, 0) is 0 Å². The predicted molar refractivity (Wildman–Crippen MR) is 60.0 cm³/mol. The Morgan fingerprint density at radius 1 is 1.62 bits per heavy atom. The molecule has 1 aliphatic rings. The third kappa shape index (κ3) is 1.94. The molecule has 5 heteroatoms. The molecule has 0 spiro atoms. The Morgan fingerprint density at radius 3 is 3.12 bits per heavy atom. The number of carboxylic acids is 1. The van der Waals surface area contributed by atoms with E-state index in [2.05, 4.69) is 5.32 Å². The van der Waals surface area contributed by atoms with Crippen LogP contribution in [0.1, 0.15) is 16.8 Å². The Bertz CT molecular complexity index is 406. The molecule has 1 aromatic rings. The molecule has 0 radical (unpaired) electrons. The second kappa shape index (κ2) is 4.40. The molecule has 0 aliphatic carbocycles. The van der Waals surface area contributed by atoms with E-state index in [9.17, 15) is 4.79 Å². The minimum atomic E-state index is -0.976. The molecule has 5 nitrogen and oxygen atoms in total. The summed E-state index contributed by atoms with van der Waals surface area (Å²) in [6.45, 7) is 1.03. The van der Waals surface area contributed by atoms with Crippen LogP contribution in [-0.4, -0.2) is 30.3 Å². The number of benzene rings is 1. The van der Waals surface area contributed by atoms with Gasteiger partial charge in [0.05, 0.1) is 11.7 Å². The van der Waals surface area contributed by atoms with Crippen LogP contribution in [0.25, 0.3) is 0 Å². The lowest BCUT2D eigenvalue weighted by Gasteiger charge is -2.28. The third-order valence-electron chi connectivity index (χ3n) is 2.55. The van der Waals surface area contributed by atoms with Crippen molar-refractivity contribution >= 4 is 11.7 Å². The Balaban J connectivity index is 2.27. The number of nitrogens with two attached hydrogens (primary N) is 1. The van der Waals surface area contributed by atoms with Crippen molar-refractivity contribution in [3.05, 3.63) is 23.8 Å². The van der Waals surface area contributed by atoms with Crippen LogP contribution in [0.3, 0.4) is 0 Å². The largest absolute Gasteiger partial charge is 0.488 e. The highest BCUT2D eigenvalue weighted by Crippen LogP contribution is 2.32. The molecule has 4 N–H and O–H groups in total. The molecule has 0 aromatic heterocycles. The molecule has 2 rings (SSSR count). The summed E-state index contributed by atoms with van der Waals surface area (Å²) in [5, 5.41) is 12.2. The van der Waals surface area contributed by atoms with Crippen LogP contribution >= 0.6 is 0 Å². The van der Waals surface area contributed by atoms with Gasteiger partial charge in [-0.25, -0.2) is 4.79 Å². The molecular weight excluding hydrogens is 208 g/mol. The highest BCUT2D eigenvalue weighted by atomic mass is 16.5. The zero-order chi connectivity index (χ0) is 11.5. The average Bonchev–Trinajstić information content (AvgIpc) is 2.28. The fourth-order valence-corrected chi connectivity index (χ4v) is 1.78. The second-order valence-corrected chi connectivity index (χ2v) is 3.72. The molecule has 1 aromatic carbocycles. The molecule has 1 aliphatic heterocycles. The first-order valence-electron chi connectivity index (χ1n) is 5.18. The maximum absolute atomic E-state index is 11.0. The lowest BCUT2D eigenvalue weighted by atomic mass is 10.1. The molecule has 1 unspecified atom stereocenters. The van der Waals surface area contributed by atoms with E-state index < -0.39 is 5.97 Å². The highest BCUT2D eigenvalue weighted by Gasteiger charge is 2.22. The molecule has 0 bridgehead atoms. The number of fused-ring (bicyclic) bond motifs is 1. The van der Waals surface area contributed by atoms with Gasteiger partial charge >= 0.3 is 5.97 Å². The van der Waals surface area contributed by atoms with Crippen molar-refractivity contribution in [1.82, 2.24) is 0 Å². The zero-order valence-electron chi connectivity index (χ0n) is 8.77. The van der Waals surface area contributed by atoms with Crippen LogP contribution in [0.2, 0.25) is 0 Å². The first kappa shape index (κ1) is 10.8. The van der Waals surface area contributed by atoms with E-state index in [-0.39, 0.29) is 11.6 Å². The van der Waals surface area contributed by atoms with Gasteiger partial charge in [0.1, 0.15) is 12.2 Å². The van der Waals surface area contributed by atoms with E-state index >= 15 is 0 Å². The Morgan fingerprint density at radius 2 is 2.44 bits per heavy atom. The monoisotopic (exact) mass is 222 g/mol. The minimum Gasteiger partial charge on any atom is -0.488 e. The van der Waals surface area contributed by atoms with Crippen molar-refractivity contribution in [2.45, 2.75) is 12.5 Å². The number of carboxylic acid groups (broad SMARTS) is 1. The second-order valence-electron chi connectivity index (χ2n) is 3.72. The van der Waals surface area contributed by atoms with Gasteiger partial charge in [0.25, 0.3) is 0 Å². The summed E-state index contributed by atoms with van der Waals surface area (Å²) in [4.78, 5) is 11.0. The quantitative estimate of drug-likeness (QED) is 0.707. The van der Waals surface area contributed by atoms with Gasteiger partial charge in [0, 0.05) is 0 Å². The smallest absolute Gasteiger partial charge is 0.339 e. The summed E-state index contributed by atoms with van der Waals surface area (Å²) in [5.41, 5.74) is 6.39. The summed E-state index contributed by atoms with van der Waals surface area (Å²) in [6.07, 6.45) is 0.802. The number of para-hydroxylation sites is 1. The number of carbonyl (C=O) groups is 1. The topological polar surface area (TPSA) is 84.6 Å². The lowest BCUT2D eigenvalue weighted by Crippen LogP contribution is -2.33. The van der Waals surface area contributed by atoms with E-state index in [0.29, 0.717) is 18.9 Å². The van der Waals surface area contributed by atoms with Crippen molar-refractivity contribution in [2.24, 2.45) is 5.73 Å². The van der Waals surface area contributed by atoms with Gasteiger partial charge in [0.2, 0.25) is 0 Å². The van der Waals surface area contributed by atoms with E-state index in [0.717, 1.165) is 12.1 Å². The van der Waals surface area contributed by atoms with Crippen molar-refractivity contribution in [2.75, 3.05) is 18.5 Å². The van der Waals surface area contributed by atoms with Crippen molar-refractivity contribution in [1.29, 1.82) is 0 Å². The number of nitrogens with one attached hydrogen (secondary N) is 1. The number of rotatable bonds is 3. The Kier molecular flexibility index (Phi) is 2.96. The summed E-state index contributed by atoms with van der Waals surface area (Å²) in [6, 6.07) is 5.20. The molecule has 1 atom stereocenters. The van der Waals surface area contributed by atoms with Gasteiger partial charge in [-0.05, 0) is 25.1 Å². The summed E-state index contributed by atoms with van der Waals surface area (Å²) in [5.74, 6) is -0.556. The molecule has 0 saturated carbocycles. The molecule has 1 heterocycles. The van der Waals surface area contributed by atoms with Crippen LogP contribution < -0.4 is 15.8 Å². The first-order valence-corrected chi connectivity index (χ1v) is 5.18. The number of hydrogen-bond acceptors (Lipinski definition) is 4. The summed E-state index contributed by atoms with van der Waals surface area (Å²) in [7, 11) is 0. The van der Waals surface area contributed by atoms with Crippen LogP contribution in [0.15, 0.2) is 18.2 Å². The highest BCUT2D eigenvalue weighted by molar-refractivity contribution is 5.93. The fourth-order valence-electron chi connectivity index (χ4n) is 1.78.